The molecule has 0 radical (unpaired) electrons. The highest BCUT2D eigenvalue weighted by molar-refractivity contribution is 6.00. The standard InChI is InChI=1S/C26H24N6O2/c1-14-9-15(2)23-21(10-14)31-26(34-23)30-17-5-3-16(4-6-17)20-12-32(18-7-8-19(33)11-18)25-22(20)24(27)28-13-29-25/h3-10,12-13,18-19,33H,11H2,1-2H3,(H,30,31)(H2,27,28,29). The lowest BCUT2D eigenvalue weighted by Gasteiger charge is -2.12. The summed E-state index contributed by atoms with van der Waals surface area (Å²) in [6, 6.07) is 12.6. The molecule has 0 amide bonds. The van der Waals surface area contributed by atoms with Crippen LogP contribution in [0.4, 0.5) is 17.5 Å². The highest BCUT2D eigenvalue weighted by Gasteiger charge is 2.23. The van der Waals surface area contributed by atoms with E-state index in [0.29, 0.717) is 18.3 Å². The SMILES string of the molecule is Cc1cc(C)c2oc(Nc3ccc(-c4cn(C5C=CC(O)C5)c5ncnc(N)c45)cc3)nc2c1. The first-order chi connectivity index (χ1) is 16.5. The van der Waals surface area contributed by atoms with Crippen LogP contribution in [0.3, 0.4) is 0 Å². The zero-order valence-electron chi connectivity index (χ0n) is 18.9. The van der Waals surface area contributed by atoms with Gasteiger partial charge in [0, 0.05) is 23.9 Å². The molecule has 1 aliphatic rings. The number of rotatable bonds is 4. The molecule has 0 saturated heterocycles. The van der Waals surface area contributed by atoms with Gasteiger partial charge in [0.15, 0.2) is 5.58 Å². The third-order valence-electron chi connectivity index (χ3n) is 6.30. The van der Waals surface area contributed by atoms with E-state index in [1.54, 1.807) is 0 Å². The third kappa shape index (κ3) is 3.39. The number of aliphatic hydroxyl groups excluding tert-OH is 1. The van der Waals surface area contributed by atoms with Crippen LogP contribution in [-0.2, 0) is 0 Å². The molecule has 0 aliphatic heterocycles. The van der Waals surface area contributed by atoms with Crippen LogP contribution in [0, 0.1) is 13.8 Å². The molecule has 8 heteroatoms. The van der Waals surface area contributed by atoms with E-state index in [-0.39, 0.29) is 6.04 Å². The first-order valence-corrected chi connectivity index (χ1v) is 11.2. The summed E-state index contributed by atoms with van der Waals surface area (Å²) in [7, 11) is 0. The van der Waals surface area contributed by atoms with Crippen molar-refractivity contribution in [2.24, 2.45) is 0 Å². The van der Waals surface area contributed by atoms with Crippen LogP contribution in [0.1, 0.15) is 23.6 Å². The highest BCUT2D eigenvalue weighted by atomic mass is 16.4. The van der Waals surface area contributed by atoms with Crippen molar-refractivity contribution in [1.82, 2.24) is 19.5 Å². The largest absolute Gasteiger partial charge is 0.423 e. The van der Waals surface area contributed by atoms with Crippen molar-refractivity contribution in [3.8, 4) is 11.1 Å². The van der Waals surface area contributed by atoms with E-state index in [2.05, 4.69) is 30.9 Å². The number of benzene rings is 2. The minimum atomic E-state index is -0.449. The summed E-state index contributed by atoms with van der Waals surface area (Å²) in [5.74, 6) is 0.431. The Morgan fingerprint density at radius 1 is 1.12 bits per heavy atom. The lowest BCUT2D eigenvalue weighted by molar-refractivity contribution is 0.211. The molecule has 4 N–H and O–H groups in total. The van der Waals surface area contributed by atoms with Gasteiger partial charge in [-0.05, 0) is 48.7 Å². The van der Waals surface area contributed by atoms with Gasteiger partial charge in [0.25, 0.3) is 6.01 Å². The minimum Gasteiger partial charge on any atom is -0.423 e. The Kier molecular flexibility index (Phi) is 4.63. The fraction of sp³-hybridized carbons (Fsp3) is 0.192. The van der Waals surface area contributed by atoms with Crippen LogP contribution in [0.5, 0.6) is 0 Å². The summed E-state index contributed by atoms with van der Waals surface area (Å²) in [6.45, 7) is 4.07. The van der Waals surface area contributed by atoms with Gasteiger partial charge in [-0.1, -0.05) is 30.4 Å². The van der Waals surface area contributed by atoms with Crippen molar-refractivity contribution in [2.45, 2.75) is 32.4 Å². The number of allylic oxidation sites excluding steroid dienone is 1. The number of hydrogen-bond donors (Lipinski definition) is 3. The van der Waals surface area contributed by atoms with Gasteiger partial charge in [0.05, 0.1) is 17.5 Å². The number of oxazole rings is 1. The van der Waals surface area contributed by atoms with Gasteiger partial charge in [-0.25, -0.2) is 9.97 Å². The Morgan fingerprint density at radius 2 is 1.94 bits per heavy atom. The topological polar surface area (TPSA) is 115 Å². The zero-order valence-corrected chi connectivity index (χ0v) is 18.9. The van der Waals surface area contributed by atoms with Gasteiger partial charge in [0.1, 0.15) is 23.3 Å². The summed E-state index contributed by atoms with van der Waals surface area (Å²) in [6.07, 6.45) is 7.49. The number of anilines is 3. The van der Waals surface area contributed by atoms with E-state index >= 15 is 0 Å². The molecule has 3 aromatic heterocycles. The molecule has 3 heterocycles. The molecule has 1 aliphatic carbocycles. The number of aromatic nitrogens is 4. The summed E-state index contributed by atoms with van der Waals surface area (Å²) < 4.78 is 7.99. The summed E-state index contributed by atoms with van der Waals surface area (Å²) >= 11 is 0. The van der Waals surface area contributed by atoms with Gasteiger partial charge in [-0.2, -0.15) is 4.98 Å². The Bertz CT molecular complexity index is 1560. The van der Waals surface area contributed by atoms with Gasteiger partial charge in [-0.15, -0.1) is 0 Å². The van der Waals surface area contributed by atoms with E-state index in [1.165, 1.54) is 6.33 Å². The van der Waals surface area contributed by atoms with Gasteiger partial charge >= 0.3 is 0 Å². The van der Waals surface area contributed by atoms with Crippen LogP contribution in [0.2, 0.25) is 0 Å². The molecule has 0 bridgehead atoms. The van der Waals surface area contributed by atoms with E-state index in [9.17, 15) is 5.11 Å². The van der Waals surface area contributed by atoms with Crippen molar-refractivity contribution in [3.63, 3.8) is 0 Å². The molecular formula is C26H24N6O2. The normalized spacial score (nSPS) is 17.7. The van der Waals surface area contributed by atoms with E-state index < -0.39 is 6.10 Å². The van der Waals surface area contributed by atoms with E-state index in [1.807, 2.05) is 62.5 Å². The van der Waals surface area contributed by atoms with Crippen LogP contribution in [-0.4, -0.2) is 30.7 Å². The lowest BCUT2D eigenvalue weighted by atomic mass is 10.1. The third-order valence-corrected chi connectivity index (χ3v) is 6.30. The van der Waals surface area contributed by atoms with Crippen molar-refractivity contribution < 1.29 is 9.52 Å². The Labute approximate surface area is 195 Å². The molecular weight excluding hydrogens is 428 g/mol. The number of aliphatic hydroxyl groups is 1. The van der Waals surface area contributed by atoms with Gasteiger partial charge < -0.3 is 25.1 Å². The van der Waals surface area contributed by atoms with E-state index in [4.69, 9.17) is 10.2 Å². The highest BCUT2D eigenvalue weighted by Crippen LogP contribution is 2.37. The maximum atomic E-state index is 9.96. The number of nitrogens with one attached hydrogen (secondary N) is 1. The molecule has 34 heavy (non-hydrogen) atoms. The van der Waals surface area contributed by atoms with Gasteiger partial charge in [-0.3, -0.25) is 0 Å². The lowest BCUT2D eigenvalue weighted by Crippen LogP contribution is -2.08. The first-order valence-electron chi connectivity index (χ1n) is 11.2. The minimum absolute atomic E-state index is 0.0211. The van der Waals surface area contributed by atoms with E-state index in [0.717, 1.165) is 50.1 Å². The molecule has 8 nitrogen and oxygen atoms in total. The number of nitrogens with zero attached hydrogens (tertiary/aromatic N) is 4. The number of aryl methyl sites for hydroxylation is 2. The maximum Gasteiger partial charge on any atom is 0.300 e. The van der Waals surface area contributed by atoms with Crippen LogP contribution in [0.15, 0.2) is 65.5 Å². The smallest absolute Gasteiger partial charge is 0.300 e. The van der Waals surface area contributed by atoms with Gasteiger partial charge in [0.2, 0.25) is 0 Å². The number of nitrogen functional groups attached to an aromatic ring is 1. The fourth-order valence-corrected chi connectivity index (χ4v) is 4.73. The molecule has 0 spiro atoms. The number of hydrogen-bond acceptors (Lipinski definition) is 7. The second-order valence-corrected chi connectivity index (χ2v) is 8.81. The molecule has 0 fully saturated rings. The van der Waals surface area contributed by atoms with Crippen molar-refractivity contribution in [2.75, 3.05) is 11.1 Å². The Balaban J connectivity index is 1.34. The summed E-state index contributed by atoms with van der Waals surface area (Å²) in [5, 5.41) is 14.0. The molecule has 2 aromatic carbocycles. The second kappa shape index (κ2) is 7.71. The molecule has 2 unspecified atom stereocenters. The zero-order chi connectivity index (χ0) is 23.4. The summed E-state index contributed by atoms with van der Waals surface area (Å²) in [4.78, 5) is 13.3. The molecule has 2 atom stereocenters. The first kappa shape index (κ1) is 20.4. The average molecular weight is 453 g/mol. The molecule has 0 saturated carbocycles. The molecule has 6 rings (SSSR count). The van der Waals surface area contributed by atoms with Crippen LogP contribution >= 0.6 is 0 Å². The maximum absolute atomic E-state index is 9.96. The van der Waals surface area contributed by atoms with Crippen LogP contribution in [0.25, 0.3) is 33.3 Å². The fourth-order valence-electron chi connectivity index (χ4n) is 4.73. The predicted molar refractivity (Wildman–Crippen MR) is 133 cm³/mol. The predicted octanol–water partition coefficient (Wildman–Crippen LogP) is 5.04. The Morgan fingerprint density at radius 3 is 2.71 bits per heavy atom. The van der Waals surface area contributed by atoms with Crippen molar-refractivity contribution in [1.29, 1.82) is 0 Å². The van der Waals surface area contributed by atoms with Crippen molar-refractivity contribution >= 4 is 39.7 Å². The molecule has 5 aromatic rings. The second-order valence-electron chi connectivity index (χ2n) is 8.81. The van der Waals surface area contributed by atoms with Crippen molar-refractivity contribution in [3.05, 3.63) is 72.2 Å². The summed E-state index contributed by atoms with van der Waals surface area (Å²) in [5.41, 5.74) is 13.7. The molecule has 170 valence electrons. The monoisotopic (exact) mass is 452 g/mol. The van der Waals surface area contributed by atoms with Crippen LogP contribution < -0.4 is 11.1 Å². The number of fused-ring (bicyclic) bond motifs is 2. The quantitative estimate of drug-likeness (QED) is 0.327. The Hall–Kier alpha value is -4.17. The number of nitrogens with two attached hydrogens (primary N) is 1. The average Bonchev–Trinajstić information content (AvgIpc) is 3.51.